The largest absolute Gasteiger partial charge is 0.385 e. The summed E-state index contributed by atoms with van der Waals surface area (Å²) in [5, 5.41) is 3.07. The van der Waals surface area contributed by atoms with Crippen LogP contribution in [0.4, 0.5) is 0 Å². The molecule has 1 atom stereocenters. The van der Waals surface area contributed by atoms with E-state index in [-0.39, 0.29) is 0 Å². The Bertz CT molecular complexity index is 215. The fourth-order valence-corrected chi connectivity index (χ4v) is 1.31. The molecule has 11 heavy (non-hydrogen) atoms. The first-order valence-electron chi connectivity index (χ1n) is 3.84. The van der Waals surface area contributed by atoms with Gasteiger partial charge in [-0.15, -0.1) is 0 Å². The van der Waals surface area contributed by atoms with Gasteiger partial charge in [-0.25, -0.2) is 0 Å². The van der Waals surface area contributed by atoms with Gasteiger partial charge in [0.05, 0.1) is 0 Å². The van der Waals surface area contributed by atoms with Crippen molar-refractivity contribution in [2.45, 2.75) is 20.3 Å². The molecule has 1 aliphatic rings. The highest BCUT2D eigenvalue weighted by molar-refractivity contribution is 5.87. The van der Waals surface area contributed by atoms with Gasteiger partial charge < -0.3 is 11.1 Å². The molecule has 0 bridgehead atoms. The fourth-order valence-electron chi connectivity index (χ4n) is 1.31. The molecule has 1 aliphatic heterocycles. The first-order chi connectivity index (χ1) is 5.15. The van der Waals surface area contributed by atoms with Crippen molar-refractivity contribution in [3.05, 3.63) is 11.4 Å². The molecule has 1 rings (SSSR count). The van der Waals surface area contributed by atoms with Crippen molar-refractivity contribution >= 4 is 5.84 Å². The van der Waals surface area contributed by atoms with Crippen LogP contribution in [0.15, 0.2) is 16.4 Å². The van der Waals surface area contributed by atoms with E-state index in [2.05, 4.69) is 17.2 Å². The summed E-state index contributed by atoms with van der Waals surface area (Å²) in [5.74, 6) is 2.24. The van der Waals surface area contributed by atoms with E-state index in [1.807, 2.05) is 6.92 Å². The maximum Gasteiger partial charge on any atom is 0.105 e. The fraction of sp³-hybridized carbons (Fsp3) is 0.625. The maximum absolute atomic E-state index is 5.69. The predicted molar refractivity (Wildman–Crippen MR) is 47.2 cm³/mol. The van der Waals surface area contributed by atoms with E-state index in [0.717, 1.165) is 18.1 Å². The number of hydrogen-bond acceptors (Lipinski definition) is 2. The van der Waals surface area contributed by atoms with Crippen LogP contribution in [-0.2, 0) is 0 Å². The third-order valence-corrected chi connectivity index (χ3v) is 2.04. The van der Waals surface area contributed by atoms with Gasteiger partial charge in [0.1, 0.15) is 11.7 Å². The van der Waals surface area contributed by atoms with Crippen molar-refractivity contribution in [2.75, 3.05) is 7.05 Å². The summed E-state index contributed by atoms with van der Waals surface area (Å²) in [6, 6.07) is 0. The van der Waals surface area contributed by atoms with Crippen LogP contribution >= 0.6 is 0 Å². The van der Waals surface area contributed by atoms with Gasteiger partial charge in [-0.05, 0) is 18.9 Å². The highest BCUT2D eigenvalue weighted by atomic mass is 15.1. The summed E-state index contributed by atoms with van der Waals surface area (Å²) in [4.78, 5) is 4.10. The van der Waals surface area contributed by atoms with Crippen molar-refractivity contribution in [3.63, 3.8) is 0 Å². The molecule has 3 nitrogen and oxygen atoms in total. The number of allylic oxidation sites excluding steroid dienone is 1. The van der Waals surface area contributed by atoms with Gasteiger partial charge in [0.25, 0.3) is 0 Å². The second-order valence-corrected chi connectivity index (χ2v) is 3.03. The molecule has 1 heterocycles. The number of hydrogen-bond donors (Lipinski definition) is 2. The molecule has 0 aromatic rings. The molecule has 0 aromatic heterocycles. The normalized spacial score (nSPS) is 29.0. The molecule has 0 aliphatic carbocycles. The van der Waals surface area contributed by atoms with Gasteiger partial charge in [-0.3, -0.25) is 4.99 Å². The molecular formula is C8H15N3. The lowest BCUT2D eigenvalue weighted by Crippen LogP contribution is -2.37. The molecule has 0 saturated carbocycles. The molecule has 62 valence electrons. The average molecular weight is 153 g/mol. The minimum atomic E-state index is 0.479. The van der Waals surface area contributed by atoms with Gasteiger partial charge >= 0.3 is 0 Å². The molecule has 3 heteroatoms. The zero-order valence-electron chi connectivity index (χ0n) is 7.31. The number of nitrogens with zero attached hydrogens (tertiary/aromatic N) is 1. The summed E-state index contributed by atoms with van der Waals surface area (Å²) in [5.41, 5.74) is 6.92. The summed E-state index contributed by atoms with van der Waals surface area (Å²) in [7, 11) is 1.78. The monoisotopic (exact) mass is 153 g/mol. The van der Waals surface area contributed by atoms with E-state index in [4.69, 9.17) is 5.73 Å². The van der Waals surface area contributed by atoms with Crippen LogP contribution in [0.2, 0.25) is 0 Å². The SMILES string of the molecule is CN=C1NC(N)=C(C)CC1C. The Morgan fingerprint density at radius 2 is 2.27 bits per heavy atom. The summed E-state index contributed by atoms with van der Waals surface area (Å²) < 4.78 is 0. The smallest absolute Gasteiger partial charge is 0.105 e. The Kier molecular flexibility index (Phi) is 2.17. The van der Waals surface area contributed by atoms with Crippen LogP contribution in [0.1, 0.15) is 20.3 Å². The number of aliphatic imine (C=N–C) groups is 1. The maximum atomic E-state index is 5.69. The van der Waals surface area contributed by atoms with E-state index < -0.39 is 0 Å². The van der Waals surface area contributed by atoms with Crippen molar-refractivity contribution < 1.29 is 0 Å². The molecule has 0 amide bonds. The molecule has 0 radical (unpaired) electrons. The van der Waals surface area contributed by atoms with Crippen LogP contribution in [0, 0.1) is 5.92 Å². The lowest BCUT2D eigenvalue weighted by atomic mass is 9.97. The molecule has 0 spiro atoms. The third-order valence-electron chi connectivity index (χ3n) is 2.04. The first-order valence-corrected chi connectivity index (χ1v) is 3.84. The van der Waals surface area contributed by atoms with Crippen molar-refractivity contribution in [3.8, 4) is 0 Å². The third kappa shape index (κ3) is 1.53. The van der Waals surface area contributed by atoms with Gasteiger partial charge in [0, 0.05) is 13.0 Å². The van der Waals surface area contributed by atoms with Gasteiger partial charge in [0.2, 0.25) is 0 Å². The van der Waals surface area contributed by atoms with Crippen molar-refractivity contribution in [1.29, 1.82) is 0 Å². The zero-order valence-corrected chi connectivity index (χ0v) is 7.31. The summed E-state index contributed by atoms with van der Waals surface area (Å²) in [6.07, 6.45) is 1.02. The Morgan fingerprint density at radius 3 is 2.82 bits per heavy atom. The Morgan fingerprint density at radius 1 is 1.64 bits per heavy atom. The number of nitrogens with one attached hydrogen (secondary N) is 1. The van der Waals surface area contributed by atoms with E-state index >= 15 is 0 Å². The van der Waals surface area contributed by atoms with Crippen LogP contribution in [0.3, 0.4) is 0 Å². The highest BCUT2D eigenvalue weighted by Gasteiger charge is 2.17. The molecule has 0 saturated heterocycles. The quantitative estimate of drug-likeness (QED) is 0.541. The van der Waals surface area contributed by atoms with Crippen LogP contribution < -0.4 is 11.1 Å². The summed E-state index contributed by atoms with van der Waals surface area (Å²) in [6.45, 7) is 4.19. The lowest BCUT2D eigenvalue weighted by molar-refractivity contribution is 0.684. The van der Waals surface area contributed by atoms with Crippen LogP contribution in [0.25, 0.3) is 0 Å². The Balaban J connectivity index is 2.83. The van der Waals surface area contributed by atoms with Crippen molar-refractivity contribution in [2.24, 2.45) is 16.6 Å². The topological polar surface area (TPSA) is 50.4 Å². The molecule has 0 fully saturated rings. The molecule has 0 aromatic carbocycles. The average Bonchev–Trinajstić information content (AvgIpc) is 1.97. The second-order valence-electron chi connectivity index (χ2n) is 3.03. The van der Waals surface area contributed by atoms with E-state index in [1.54, 1.807) is 7.05 Å². The molecule has 3 N–H and O–H groups in total. The van der Waals surface area contributed by atoms with Gasteiger partial charge in [-0.1, -0.05) is 6.92 Å². The molecular weight excluding hydrogens is 138 g/mol. The van der Waals surface area contributed by atoms with Crippen LogP contribution in [-0.4, -0.2) is 12.9 Å². The van der Waals surface area contributed by atoms with Gasteiger partial charge in [-0.2, -0.15) is 0 Å². The minimum Gasteiger partial charge on any atom is -0.385 e. The van der Waals surface area contributed by atoms with E-state index in [9.17, 15) is 0 Å². The second kappa shape index (κ2) is 2.95. The Labute approximate surface area is 67.4 Å². The number of rotatable bonds is 0. The minimum absolute atomic E-state index is 0.479. The predicted octanol–water partition coefficient (Wildman–Crippen LogP) is 0.834. The first kappa shape index (κ1) is 8.11. The van der Waals surface area contributed by atoms with E-state index in [1.165, 1.54) is 5.57 Å². The molecule has 1 unspecified atom stereocenters. The summed E-state index contributed by atoms with van der Waals surface area (Å²) >= 11 is 0. The van der Waals surface area contributed by atoms with Crippen molar-refractivity contribution in [1.82, 2.24) is 5.32 Å². The zero-order chi connectivity index (χ0) is 8.43. The number of nitrogens with two attached hydrogens (primary N) is 1. The Hall–Kier alpha value is -0.990. The van der Waals surface area contributed by atoms with Crippen LogP contribution in [0.5, 0.6) is 0 Å². The van der Waals surface area contributed by atoms with Gasteiger partial charge in [0.15, 0.2) is 0 Å². The van der Waals surface area contributed by atoms with E-state index in [0.29, 0.717) is 5.92 Å². The standard InChI is InChI=1S/C8H15N3/c1-5-4-6(2)8(10-3)11-7(5)9/h6H,4,9H2,1-3H3,(H,10,11). The lowest BCUT2D eigenvalue weighted by Gasteiger charge is -2.23. The number of amidine groups is 1. The highest BCUT2D eigenvalue weighted by Crippen LogP contribution is 2.17.